The van der Waals surface area contributed by atoms with Crippen molar-refractivity contribution in [3.8, 4) is 0 Å². The minimum absolute atomic E-state index is 0.324. The fraction of sp³-hybridized carbons (Fsp3) is 0.500. The van der Waals surface area contributed by atoms with Crippen molar-refractivity contribution >= 4 is 52.0 Å². The van der Waals surface area contributed by atoms with Crippen LogP contribution in [0.15, 0.2) is 39.6 Å². The SMILES string of the molecule is CSc1ncc(B2OC(C)(C)C(C)(C)O2)cn1.CSc1ncc(Br)cn1. The Bertz CT molecular complexity index is 701. The first-order chi connectivity index (χ1) is 12.2. The number of nitrogens with zero attached hydrogens (tertiary/aromatic N) is 4. The van der Waals surface area contributed by atoms with Crippen molar-refractivity contribution in [3.05, 3.63) is 29.3 Å². The van der Waals surface area contributed by atoms with Gasteiger partial charge in [-0.2, -0.15) is 0 Å². The largest absolute Gasteiger partial charge is 0.498 e. The molecule has 1 fully saturated rings. The standard InChI is InChI=1S/C11H17BN2O2S.C5H5BrN2S/c1-10(2)11(3,4)16-12(15-10)8-6-13-9(17-5)14-7-8;1-9-5-7-2-4(6)3-8-5/h6-7H,1-5H3;2-3H,1H3. The van der Waals surface area contributed by atoms with E-state index < -0.39 is 0 Å². The molecule has 2 aromatic rings. The van der Waals surface area contributed by atoms with Crippen molar-refractivity contribution in [2.24, 2.45) is 0 Å². The third kappa shape index (κ3) is 5.42. The Labute approximate surface area is 172 Å². The van der Waals surface area contributed by atoms with E-state index in [-0.39, 0.29) is 18.3 Å². The average Bonchev–Trinajstić information content (AvgIpc) is 2.84. The average molecular weight is 457 g/mol. The predicted molar refractivity (Wildman–Crippen MR) is 111 cm³/mol. The van der Waals surface area contributed by atoms with E-state index in [1.807, 2.05) is 40.2 Å². The highest BCUT2D eigenvalue weighted by Crippen LogP contribution is 2.36. The van der Waals surface area contributed by atoms with Gasteiger partial charge in [0.25, 0.3) is 0 Å². The molecule has 0 spiro atoms. The maximum atomic E-state index is 5.91. The second-order valence-electron chi connectivity index (χ2n) is 6.48. The van der Waals surface area contributed by atoms with Crippen LogP contribution < -0.4 is 5.46 Å². The van der Waals surface area contributed by atoms with Gasteiger partial charge in [-0.3, -0.25) is 0 Å². The van der Waals surface area contributed by atoms with E-state index in [0.29, 0.717) is 0 Å². The van der Waals surface area contributed by atoms with Crippen molar-refractivity contribution in [2.75, 3.05) is 12.5 Å². The minimum atomic E-state index is -0.379. The Morgan fingerprint density at radius 2 is 1.19 bits per heavy atom. The molecule has 26 heavy (non-hydrogen) atoms. The number of rotatable bonds is 3. The zero-order valence-electron chi connectivity index (χ0n) is 15.7. The summed E-state index contributed by atoms with van der Waals surface area (Å²) in [5.74, 6) is 0. The molecule has 0 aliphatic carbocycles. The highest BCUT2D eigenvalue weighted by atomic mass is 79.9. The van der Waals surface area contributed by atoms with Crippen LogP contribution in [0.2, 0.25) is 0 Å². The Hall–Kier alpha value is -0.675. The molecule has 140 valence electrons. The lowest BCUT2D eigenvalue weighted by atomic mass is 9.81. The van der Waals surface area contributed by atoms with Gasteiger partial charge in [-0.1, -0.05) is 23.5 Å². The Morgan fingerprint density at radius 3 is 1.58 bits per heavy atom. The van der Waals surface area contributed by atoms with Crippen LogP contribution in [0.1, 0.15) is 27.7 Å². The fourth-order valence-corrected chi connectivity index (χ4v) is 2.78. The third-order valence-corrected chi connectivity index (χ3v) is 5.70. The van der Waals surface area contributed by atoms with Crippen LogP contribution in [0.25, 0.3) is 0 Å². The highest BCUT2D eigenvalue weighted by molar-refractivity contribution is 9.10. The van der Waals surface area contributed by atoms with Gasteiger partial charge in [-0.25, -0.2) is 19.9 Å². The molecular weight excluding hydrogens is 435 g/mol. The lowest BCUT2D eigenvalue weighted by molar-refractivity contribution is 0.00578. The van der Waals surface area contributed by atoms with Gasteiger partial charge in [0.15, 0.2) is 10.3 Å². The number of halogens is 1. The van der Waals surface area contributed by atoms with Gasteiger partial charge in [-0.15, -0.1) is 0 Å². The van der Waals surface area contributed by atoms with E-state index in [1.54, 1.807) is 24.8 Å². The van der Waals surface area contributed by atoms with E-state index >= 15 is 0 Å². The minimum Gasteiger partial charge on any atom is -0.399 e. The second-order valence-corrected chi connectivity index (χ2v) is 8.94. The molecule has 0 bridgehead atoms. The summed E-state index contributed by atoms with van der Waals surface area (Å²) < 4.78 is 12.7. The topological polar surface area (TPSA) is 70.0 Å². The maximum absolute atomic E-state index is 5.91. The first kappa shape index (κ1) is 21.6. The molecule has 0 radical (unpaired) electrons. The summed E-state index contributed by atoms with van der Waals surface area (Å²) in [6.07, 6.45) is 10.9. The molecule has 2 aromatic heterocycles. The van der Waals surface area contributed by atoms with Crippen molar-refractivity contribution in [2.45, 2.75) is 49.2 Å². The molecule has 0 amide bonds. The summed E-state index contributed by atoms with van der Waals surface area (Å²) in [5.41, 5.74) is 0.215. The van der Waals surface area contributed by atoms with E-state index in [1.165, 1.54) is 23.5 Å². The van der Waals surface area contributed by atoms with Crippen LogP contribution in [-0.2, 0) is 9.31 Å². The zero-order valence-corrected chi connectivity index (χ0v) is 18.9. The lowest BCUT2D eigenvalue weighted by Gasteiger charge is -2.32. The van der Waals surface area contributed by atoms with Crippen LogP contribution in [0.4, 0.5) is 0 Å². The first-order valence-electron chi connectivity index (χ1n) is 7.91. The maximum Gasteiger partial charge on any atom is 0.498 e. The van der Waals surface area contributed by atoms with Gasteiger partial charge in [0.1, 0.15) is 0 Å². The summed E-state index contributed by atoms with van der Waals surface area (Å²) in [6, 6.07) is 0. The van der Waals surface area contributed by atoms with E-state index in [9.17, 15) is 0 Å². The van der Waals surface area contributed by atoms with Gasteiger partial charge < -0.3 is 9.31 Å². The molecule has 0 aromatic carbocycles. The van der Waals surface area contributed by atoms with Crippen LogP contribution in [0, 0.1) is 0 Å². The van der Waals surface area contributed by atoms with Crippen molar-refractivity contribution in [3.63, 3.8) is 0 Å². The normalized spacial score (nSPS) is 17.6. The van der Waals surface area contributed by atoms with Gasteiger partial charge >= 0.3 is 7.12 Å². The van der Waals surface area contributed by atoms with E-state index in [0.717, 1.165) is 20.2 Å². The van der Waals surface area contributed by atoms with Crippen molar-refractivity contribution in [1.82, 2.24) is 19.9 Å². The first-order valence-corrected chi connectivity index (χ1v) is 11.2. The van der Waals surface area contributed by atoms with E-state index in [2.05, 4.69) is 35.9 Å². The van der Waals surface area contributed by atoms with E-state index in [4.69, 9.17) is 9.31 Å². The molecule has 3 heterocycles. The summed E-state index contributed by atoms with van der Waals surface area (Å²) in [4.78, 5) is 16.5. The predicted octanol–water partition coefficient (Wildman–Crippen LogP) is 3.46. The number of hydrogen-bond acceptors (Lipinski definition) is 8. The van der Waals surface area contributed by atoms with Crippen molar-refractivity contribution in [1.29, 1.82) is 0 Å². The third-order valence-electron chi connectivity index (χ3n) is 4.14. The summed E-state index contributed by atoms with van der Waals surface area (Å²) in [7, 11) is -0.379. The Balaban J connectivity index is 0.000000228. The van der Waals surface area contributed by atoms with Crippen LogP contribution in [0.3, 0.4) is 0 Å². The van der Waals surface area contributed by atoms with Crippen LogP contribution in [-0.4, -0.2) is 50.8 Å². The van der Waals surface area contributed by atoms with Gasteiger partial charge in [0.05, 0.1) is 15.7 Å². The highest BCUT2D eigenvalue weighted by Gasteiger charge is 2.51. The van der Waals surface area contributed by atoms with Gasteiger partial charge in [0.2, 0.25) is 0 Å². The molecule has 1 aliphatic rings. The molecule has 0 N–H and O–H groups in total. The molecule has 0 unspecified atom stereocenters. The summed E-state index contributed by atoms with van der Waals surface area (Å²) >= 11 is 6.29. The van der Waals surface area contributed by atoms with Gasteiger partial charge in [0, 0.05) is 30.3 Å². The lowest BCUT2D eigenvalue weighted by Crippen LogP contribution is -2.41. The molecule has 0 atom stereocenters. The van der Waals surface area contributed by atoms with Crippen LogP contribution >= 0.6 is 39.5 Å². The van der Waals surface area contributed by atoms with Gasteiger partial charge in [-0.05, 0) is 56.1 Å². The molecule has 0 saturated carbocycles. The second kappa shape index (κ2) is 9.01. The van der Waals surface area contributed by atoms with Crippen molar-refractivity contribution < 1.29 is 9.31 Å². The Kier molecular flexibility index (Phi) is 7.49. The Morgan fingerprint density at radius 1 is 0.808 bits per heavy atom. The molecule has 1 aliphatic heterocycles. The number of hydrogen-bond donors (Lipinski definition) is 0. The summed E-state index contributed by atoms with van der Waals surface area (Å²) in [5, 5.41) is 1.56. The molecule has 1 saturated heterocycles. The summed E-state index contributed by atoms with van der Waals surface area (Å²) in [6.45, 7) is 8.13. The molecule has 3 rings (SSSR count). The molecule has 6 nitrogen and oxygen atoms in total. The molecule has 10 heteroatoms. The zero-order chi connectivity index (χ0) is 19.4. The number of aromatic nitrogens is 4. The smallest absolute Gasteiger partial charge is 0.399 e. The quantitative estimate of drug-likeness (QED) is 0.395. The van der Waals surface area contributed by atoms with Crippen LogP contribution in [0.5, 0.6) is 0 Å². The number of thioether (sulfide) groups is 2. The molecular formula is C16H22BBrN4O2S2. The monoisotopic (exact) mass is 456 g/mol. The fourth-order valence-electron chi connectivity index (χ4n) is 1.94.